The highest BCUT2D eigenvalue weighted by Crippen LogP contribution is 2.55. The first-order chi connectivity index (χ1) is 6.33. The third-order valence-electron chi connectivity index (χ3n) is 1.87. The van der Waals surface area contributed by atoms with Crippen molar-refractivity contribution in [3.63, 3.8) is 0 Å². The summed E-state index contributed by atoms with van der Waals surface area (Å²) in [5.74, 6) is -0.482. The van der Waals surface area contributed by atoms with Crippen molar-refractivity contribution in [3.05, 3.63) is 35.1 Å². The number of ether oxygens (including phenoxy) is 1. The van der Waals surface area contributed by atoms with E-state index in [4.69, 9.17) is 51.1 Å². The fourth-order valence-corrected chi connectivity index (χ4v) is 2.55. The standard InChI is InChI=1S/C8H3Cl4FO/c9-7(10)5-2-1-4(13)3-6(5)8(11,12)14-7/h1-3H. The molecule has 2 rings (SSSR count). The second-order valence-electron chi connectivity index (χ2n) is 2.83. The first-order valence-electron chi connectivity index (χ1n) is 3.59. The van der Waals surface area contributed by atoms with Crippen LogP contribution in [-0.2, 0) is 13.8 Å². The van der Waals surface area contributed by atoms with Gasteiger partial charge in [-0.15, -0.1) is 0 Å². The molecule has 0 aromatic heterocycles. The van der Waals surface area contributed by atoms with E-state index in [-0.39, 0.29) is 5.56 Å². The van der Waals surface area contributed by atoms with E-state index in [1.807, 2.05) is 0 Å². The molecule has 14 heavy (non-hydrogen) atoms. The van der Waals surface area contributed by atoms with Crippen LogP contribution in [0.4, 0.5) is 4.39 Å². The highest BCUT2D eigenvalue weighted by Gasteiger charge is 2.50. The smallest absolute Gasteiger partial charge is 0.247 e. The molecule has 1 aliphatic rings. The Labute approximate surface area is 99.6 Å². The Morgan fingerprint density at radius 3 is 2.21 bits per heavy atom. The van der Waals surface area contributed by atoms with Crippen LogP contribution in [0.5, 0.6) is 0 Å². The molecular formula is C8H3Cl4FO. The summed E-state index contributed by atoms with van der Waals surface area (Å²) < 4.78 is 14.5. The lowest BCUT2D eigenvalue weighted by Gasteiger charge is -2.16. The van der Waals surface area contributed by atoms with Crippen molar-refractivity contribution in [2.45, 2.75) is 9.04 Å². The Kier molecular flexibility index (Phi) is 2.41. The first-order valence-corrected chi connectivity index (χ1v) is 5.10. The van der Waals surface area contributed by atoms with E-state index >= 15 is 0 Å². The average molecular weight is 276 g/mol. The number of fused-ring (bicyclic) bond motifs is 1. The number of halogens is 5. The van der Waals surface area contributed by atoms with Crippen molar-refractivity contribution in [1.82, 2.24) is 0 Å². The summed E-state index contributed by atoms with van der Waals surface area (Å²) in [4.78, 5) is 0. The van der Waals surface area contributed by atoms with Crippen molar-refractivity contribution < 1.29 is 9.13 Å². The maximum atomic E-state index is 12.9. The molecule has 1 nitrogen and oxygen atoms in total. The maximum absolute atomic E-state index is 12.9. The molecule has 6 heteroatoms. The summed E-state index contributed by atoms with van der Waals surface area (Å²) in [5.41, 5.74) is 0.582. The minimum absolute atomic E-state index is 0.228. The predicted molar refractivity (Wildman–Crippen MR) is 54.3 cm³/mol. The Bertz CT molecular complexity index is 391. The van der Waals surface area contributed by atoms with Crippen LogP contribution in [0.3, 0.4) is 0 Å². The number of hydrogen-bond donors (Lipinski definition) is 0. The number of alkyl halides is 4. The molecule has 0 N–H and O–H groups in total. The predicted octanol–water partition coefficient (Wildman–Crippen LogP) is 4.03. The van der Waals surface area contributed by atoms with Crippen LogP contribution in [0.15, 0.2) is 18.2 Å². The van der Waals surface area contributed by atoms with Gasteiger partial charge in [-0.3, -0.25) is 0 Å². The minimum atomic E-state index is -1.71. The molecule has 1 heterocycles. The van der Waals surface area contributed by atoms with Crippen LogP contribution in [0.25, 0.3) is 0 Å². The summed E-state index contributed by atoms with van der Waals surface area (Å²) in [5, 5.41) is 0. The van der Waals surface area contributed by atoms with Crippen LogP contribution in [-0.4, -0.2) is 0 Å². The molecule has 0 saturated carbocycles. The van der Waals surface area contributed by atoms with Crippen LogP contribution < -0.4 is 0 Å². The van der Waals surface area contributed by atoms with Crippen LogP contribution in [0, 0.1) is 5.82 Å². The summed E-state index contributed by atoms with van der Waals surface area (Å²) in [6, 6.07) is 3.73. The SMILES string of the molecule is Fc1ccc2c(c1)C(Cl)(Cl)OC2(Cl)Cl. The van der Waals surface area contributed by atoms with Crippen LogP contribution in [0.2, 0.25) is 0 Å². The fraction of sp³-hybridized carbons (Fsp3) is 0.250. The second-order valence-corrected chi connectivity index (χ2v) is 5.34. The maximum Gasteiger partial charge on any atom is 0.247 e. The number of hydrogen-bond acceptors (Lipinski definition) is 1. The lowest BCUT2D eigenvalue weighted by molar-refractivity contribution is 0.0518. The van der Waals surface area contributed by atoms with E-state index in [1.54, 1.807) is 0 Å². The van der Waals surface area contributed by atoms with Gasteiger partial charge in [0.2, 0.25) is 9.04 Å². The van der Waals surface area contributed by atoms with Gasteiger partial charge in [0.25, 0.3) is 0 Å². The molecule has 0 unspecified atom stereocenters. The van der Waals surface area contributed by atoms with Crippen molar-refractivity contribution in [3.8, 4) is 0 Å². The Morgan fingerprint density at radius 1 is 1.00 bits per heavy atom. The van der Waals surface area contributed by atoms with E-state index < -0.39 is 14.9 Å². The normalized spacial score (nSPS) is 22.1. The molecule has 76 valence electrons. The van der Waals surface area contributed by atoms with Gasteiger partial charge in [0, 0.05) is 11.1 Å². The Balaban J connectivity index is 2.66. The van der Waals surface area contributed by atoms with Crippen molar-refractivity contribution in [1.29, 1.82) is 0 Å². The lowest BCUT2D eigenvalue weighted by atomic mass is 10.1. The number of benzene rings is 1. The zero-order valence-corrected chi connectivity index (χ0v) is 9.55. The summed E-state index contributed by atoms with van der Waals surface area (Å²) >= 11 is 23.1. The summed E-state index contributed by atoms with van der Waals surface area (Å²) in [7, 11) is 0. The van der Waals surface area contributed by atoms with Gasteiger partial charge in [-0.1, -0.05) is 52.5 Å². The molecule has 0 saturated heterocycles. The van der Waals surface area contributed by atoms with Gasteiger partial charge >= 0.3 is 0 Å². The largest absolute Gasteiger partial charge is 0.302 e. The van der Waals surface area contributed by atoms with Crippen molar-refractivity contribution >= 4 is 46.4 Å². The van der Waals surface area contributed by atoms with Gasteiger partial charge in [-0.25, -0.2) is 4.39 Å². The zero-order valence-electron chi connectivity index (χ0n) is 6.53. The van der Waals surface area contributed by atoms with E-state index in [9.17, 15) is 4.39 Å². The first kappa shape index (κ1) is 10.8. The molecule has 0 bridgehead atoms. The van der Waals surface area contributed by atoms with Gasteiger partial charge in [-0.2, -0.15) is 0 Å². The second kappa shape index (κ2) is 3.13. The molecule has 0 radical (unpaired) electrons. The highest BCUT2D eigenvalue weighted by atomic mass is 35.5. The minimum Gasteiger partial charge on any atom is -0.302 e. The molecule has 1 aliphatic heterocycles. The Morgan fingerprint density at radius 2 is 1.57 bits per heavy atom. The van der Waals surface area contributed by atoms with Gasteiger partial charge in [0.15, 0.2) is 0 Å². The summed E-state index contributed by atoms with van der Waals surface area (Å²) in [6.45, 7) is 0. The molecule has 0 spiro atoms. The van der Waals surface area contributed by atoms with E-state index in [0.717, 1.165) is 6.07 Å². The van der Waals surface area contributed by atoms with E-state index in [1.165, 1.54) is 12.1 Å². The topological polar surface area (TPSA) is 9.23 Å². The van der Waals surface area contributed by atoms with Gasteiger partial charge in [0.1, 0.15) is 5.82 Å². The van der Waals surface area contributed by atoms with Gasteiger partial charge in [-0.05, 0) is 12.1 Å². The zero-order chi connectivity index (χ0) is 10.6. The van der Waals surface area contributed by atoms with E-state index in [2.05, 4.69) is 0 Å². The molecule has 0 atom stereocenters. The van der Waals surface area contributed by atoms with Crippen LogP contribution in [0.1, 0.15) is 11.1 Å². The fourth-order valence-electron chi connectivity index (χ4n) is 1.28. The van der Waals surface area contributed by atoms with E-state index in [0.29, 0.717) is 5.56 Å². The third kappa shape index (κ3) is 1.59. The lowest BCUT2D eigenvalue weighted by Crippen LogP contribution is -2.13. The molecular weight excluding hydrogens is 273 g/mol. The third-order valence-corrected chi connectivity index (χ3v) is 2.99. The van der Waals surface area contributed by atoms with Gasteiger partial charge in [0.05, 0.1) is 0 Å². The summed E-state index contributed by atoms with van der Waals surface area (Å²) in [6.07, 6.45) is 0. The van der Waals surface area contributed by atoms with Crippen molar-refractivity contribution in [2.75, 3.05) is 0 Å². The quantitative estimate of drug-likeness (QED) is 0.650. The molecule has 1 aromatic carbocycles. The molecule has 0 aliphatic carbocycles. The molecule has 0 fully saturated rings. The number of rotatable bonds is 0. The van der Waals surface area contributed by atoms with Crippen LogP contribution >= 0.6 is 46.4 Å². The highest BCUT2D eigenvalue weighted by molar-refractivity contribution is 6.51. The molecule has 1 aromatic rings. The molecule has 0 amide bonds. The van der Waals surface area contributed by atoms with Gasteiger partial charge < -0.3 is 4.74 Å². The monoisotopic (exact) mass is 274 g/mol. The van der Waals surface area contributed by atoms with Crippen molar-refractivity contribution in [2.24, 2.45) is 0 Å². The average Bonchev–Trinajstić information content (AvgIpc) is 2.17. The Hall–Kier alpha value is 0.270.